The van der Waals surface area contributed by atoms with Gasteiger partial charge in [0.1, 0.15) is 11.8 Å². The van der Waals surface area contributed by atoms with Gasteiger partial charge in [0.25, 0.3) is 0 Å². The number of aromatic nitrogens is 4. The number of rotatable bonds is 4. The molecule has 102 valence electrons. The van der Waals surface area contributed by atoms with Gasteiger partial charge >= 0.3 is 5.97 Å². The molecule has 2 heterocycles. The van der Waals surface area contributed by atoms with Gasteiger partial charge in [0.15, 0.2) is 5.82 Å². The molecule has 3 aromatic rings. The summed E-state index contributed by atoms with van der Waals surface area (Å²) < 4.78 is 6.97. The van der Waals surface area contributed by atoms with Crippen LogP contribution in [-0.4, -0.2) is 31.3 Å². The van der Waals surface area contributed by atoms with Crippen LogP contribution in [0, 0.1) is 0 Å². The van der Waals surface area contributed by atoms with Crippen molar-refractivity contribution >= 4 is 16.9 Å². The molecule has 20 heavy (non-hydrogen) atoms. The molecule has 7 heteroatoms. The van der Waals surface area contributed by atoms with Crippen molar-refractivity contribution in [2.45, 2.75) is 19.4 Å². The van der Waals surface area contributed by atoms with Crippen LogP contribution >= 0.6 is 0 Å². The summed E-state index contributed by atoms with van der Waals surface area (Å²) in [6.45, 7) is 1.76. The third-order valence-electron chi connectivity index (χ3n) is 3.10. The van der Waals surface area contributed by atoms with E-state index in [0.717, 1.165) is 16.5 Å². The molecule has 7 nitrogen and oxygen atoms in total. The van der Waals surface area contributed by atoms with Crippen molar-refractivity contribution in [3.05, 3.63) is 30.5 Å². The molecule has 1 atom stereocenters. The smallest absolute Gasteiger partial charge is 0.305 e. The van der Waals surface area contributed by atoms with Crippen molar-refractivity contribution in [3.8, 4) is 11.4 Å². The molecule has 1 aromatic carbocycles. The summed E-state index contributed by atoms with van der Waals surface area (Å²) >= 11 is 0. The van der Waals surface area contributed by atoms with Crippen LogP contribution in [0.4, 0.5) is 0 Å². The van der Waals surface area contributed by atoms with Gasteiger partial charge in [-0.25, -0.2) is 4.68 Å². The number of carboxylic acid groups (broad SMARTS) is 1. The van der Waals surface area contributed by atoms with Gasteiger partial charge in [-0.2, -0.15) is 0 Å². The number of nitrogens with zero attached hydrogens (tertiary/aromatic N) is 4. The lowest BCUT2D eigenvalue weighted by atomic mass is 10.1. The topological polar surface area (TPSA) is 94.0 Å². The molecule has 0 spiro atoms. The molecule has 0 radical (unpaired) electrons. The summed E-state index contributed by atoms with van der Waals surface area (Å²) in [4.78, 5) is 10.8. The van der Waals surface area contributed by atoms with E-state index >= 15 is 0 Å². The highest BCUT2D eigenvalue weighted by atomic mass is 16.4. The Labute approximate surface area is 113 Å². The van der Waals surface area contributed by atoms with Crippen LogP contribution in [0.15, 0.2) is 34.9 Å². The van der Waals surface area contributed by atoms with Gasteiger partial charge in [0.05, 0.1) is 18.0 Å². The SMILES string of the molecule is CC(CC(=O)O)n1nnnc1-c1coc2ccccc12. The summed E-state index contributed by atoms with van der Waals surface area (Å²) in [7, 11) is 0. The van der Waals surface area contributed by atoms with Crippen molar-refractivity contribution in [1.29, 1.82) is 0 Å². The van der Waals surface area contributed by atoms with Crippen LogP contribution in [0.3, 0.4) is 0 Å². The Balaban J connectivity index is 2.07. The normalized spacial score (nSPS) is 12.7. The first-order valence-corrected chi connectivity index (χ1v) is 6.13. The summed E-state index contributed by atoms with van der Waals surface area (Å²) in [5.74, 6) is -0.389. The van der Waals surface area contributed by atoms with E-state index in [1.165, 1.54) is 4.68 Å². The molecule has 0 aliphatic rings. The second-order valence-corrected chi connectivity index (χ2v) is 4.54. The zero-order valence-corrected chi connectivity index (χ0v) is 10.7. The van der Waals surface area contributed by atoms with Crippen LogP contribution < -0.4 is 0 Å². The minimum atomic E-state index is -0.893. The number of para-hydroxylation sites is 1. The van der Waals surface area contributed by atoms with E-state index in [2.05, 4.69) is 15.5 Å². The van der Waals surface area contributed by atoms with E-state index in [0.29, 0.717) is 5.82 Å². The van der Waals surface area contributed by atoms with E-state index in [1.807, 2.05) is 24.3 Å². The quantitative estimate of drug-likeness (QED) is 0.781. The van der Waals surface area contributed by atoms with Gasteiger partial charge in [0, 0.05) is 5.39 Å². The van der Waals surface area contributed by atoms with Crippen LogP contribution in [0.25, 0.3) is 22.4 Å². The van der Waals surface area contributed by atoms with E-state index in [4.69, 9.17) is 9.52 Å². The molecule has 0 bridgehead atoms. The van der Waals surface area contributed by atoms with E-state index < -0.39 is 5.97 Å². The summed E-state index contributed by atoms with van der Waals surface area (Å²) in [6, 6.07) is 7.20. The maximum Gasteiger partial charge on any atom is 0.305 e. The van der Waals surface area contributed by atoms with Gasteiger partial charge < -0.3 is 9.52 Å². The number of benzene rings is 1. The van der Waals surface area contributed by atoms with E-state index in [9.17, 15) is 4.79 Å². The lowest BCUT2D eigenvalue weighted by Crippen LogP contribution is -2.13. The average molecular weight is 272 g/mol. The predicted molar refractivity (Wildman–Crippen MR) is 70.0 cm³/mol. The second-order valence-electron chi connectivity index (χ2n) is 4.54. The van der Waals surface area contributed by atoms with Crippen LogP contribution in [-0.2, 0) is 4.79 Å². The molecule has 0 aliphatic heterocycles. The predicted octanol–water partition coefficient (Wildman–Crippen LogP) is 2.12. The Bertz CT molecular complexity index is 762. The van der Waals surface area contributed by atoms with Crippen molar-refractivity contribution in [3.63, 3.8) is 0 Å². The number of carbonyl (C=O) groups is 1. The molecule has 0 aliphatic carbocycles. The first-order chi connectivity index (χ1) is 9.66. The van der Waals surface area contributed by atoms with Gasteiger partial charge in [-0.15, -0.1) is 5.10 Å². The van der Waals surface area contributed by atoms with Crippen LogP contribution in [0.2, 0.25) is 0 Å². The molecule has 0 saturated heterocycles. The second kappa shape index (κ2) is 4.76. The molecule has 3 rings (SSSR count). The summed E-state index contributed by atoms with van der Waals surface area (Å²) in [5, 5.41) is 21.3. The Morgan fingerprint density at radius 3 is 3.05 bits per heavy atom. The maximum absolute atomic E-state index is 10.8. The maximum atomic E-state index is 10.8. The van der Waals surface area contributed by atoms with Gasteiger partial charge in [-0.3, -0.25) is 4.79 Å². The zero-order valence-electron chi connectivity index (χ0n) is 10.7. The average Bonchev–Trinajstić information content (AvgIpc) is 3.03. The first-order valence-electron chi connectivity index (χ1n) is 6.13. The molecule has 2 aromatic heterocycles. The monoisotopic (exact) mass is 272 g/mol. The molecular weight excluding hydrogens is 260 g/mol. The standard InChI is InChI=1S/C13H12N4O3/c1-8(6-12(18)19)17-13(14-15-16-17)10-7-20-11-5-3-2-4-9(10)11/h2-5,7-8H,6H2,1H3,(H,18,19). The Hall–Kier alpha value is -2.70. The molecule has 0 saturated carbocycles. The highest BCUT2D eigenvalue weighted by Gasteiger charge is 2.20. The lowest BCUT2D eigenvalue weighted by Gasteiger charge is -2.10. The Kier molecular flexibility index (Phi) is 2.94. The number of aliphatic carboxylic acids is 1. The molecule has 1 unspecified atom stereocenters. The van der Waals surface area contributed by atoms with Gasteiger partial charge in [-0.1, -0.05) is 18.2 Å². The highest BCUT2D eigenvalue weighted by Crippen LogP contribution is 2.30. The number of hydrogen-bond donors (Lipinski definition) is 1. The van der Waals surface area contributed by atoms with E-state index in [-0.39, 0.29) is 12.5 Å². The van der Waals surface area contributed by atoms with Crippen molar-refractivity contribution in [1.82, 2.24) is 20.2 Å². The van der Waals surface area contributed by atoms with Crippen molar-refractivity contribution < 1.29 is 14.3 Å². The third kappa shape index (κ3) is 2.03. The highest BCUT2D eigenvalue weighted by molar-refractivity contribution is 5.91. The molecular formula is C13H12N4O3. The number of hydrogen-bond acceptors (Lipinski definition) is 5. The van der Waals surface area contributed by atoms with Gasteiger partial charge in [0.2, 0.25) is 0 Å². The first kappa shape index (κ1) is 12.3. The van der Waals surface area contributed by atoms with Gasteiger partial charge in [-0.05, 0) is 23.4 Å². The molecule has 0 amide bonds. The van der Waals surface area contributed by atoms with Crippen LogP contribution in [0.5, 0.6) is 0 Å². The minimum Gasteiger partial charge on any atom is -0.481 e. The Morgan fingerprint density at radius 2 is 2.25 bits per heavy atom. The van der Waals surface area contributed by atoms with Crippen LogP contribution in [0.1, 0.15) is 19.4 Å². The number of furan rings is 1. The largest absolute Gasteiger partial charge is 0.481 e. The fourth-order valence-electron chi connectivity index (χ4n) is 2.16. The third-order valence-corrected chi connectivity index (χ3v) is 3.10. The number of carboxylic acids is 1. The summed E-state index contributed by atoms with van der Waals surface area (Å²) in [5.41, 5.74) is 1.49. The van der Waals surface area contributed by atoms with Crippen molar-refractivity contribution in [2.24, 2.45) is 0 Å². The number of fused-ring (bicyclic) bond motifs is 1. The molecule has 1 N–H and O–H groups in total. The van der Waals surface area contributed by atoms with Crippen molar-refractivity contribution in [2.75, 3.05) is 0 Å². The molecule has 0 fully saturated rings. The fourth-order valence-corrected chi connectivity index (χ4v) is 2.16. The minimum absolute atomic E-state index is 0.0478. The Morgan fingerprint density at radius 1 is 1.45 bits per heavy atom. The van der Waals surface area contributed by atoms with E-state index in [1.54, 1.807) is 13.2 Å². The lowest BCUT2D eigenvalue weighted by molar-refractivity contribution is -0.137. The zero-order chi connectivity index (χ0) is 14.1. The summed E-state index contributed by atoms with van der Waals surface area (Å²) in [6.07, 6.45) is 1.54. The number of tetrazole rings is 1. The fraction of sp³-hybridized carbons (Fsp3) is 0.231.